The van der Waals surface area contributed by atoms with Crippen molar-refractivity contribution in [2.75, 3.05) is 19.6 Å². The summed E-state index contributed by atoms with van der Waals surface area (Å²) in [4.78, 5) is 4.94. The molecule has 20 heavy (non-hydrogen) atoms. The smallest absolute Gasteiger partial charge is 0.0960 e. The van der Waals surface area contributed by atoms with Crippen molar-refractivity contribution >= 4 is 5.84 Å². The summed E-state index contributed by atoms with van der Waals surface area (Å²) < 4.78 is 0. The van der Waals surface area contributed by atoms with Crippen molar-refractivity contribution in [2.24, 2.45) is 0 Å². The third kappa shape index (κ3) is 3.21. The Kier molecular flexibility index (Phi) is 4.36. The zero-order valence-electron chi connectivity index (χ0n) is 12.2. The Bertz CT molecular complexity index is 443. The third-order valence-corrected chi connectivity index (χ3v) is 4.58. The van der Waals surface area contributed by atoms with Crippen LogP contribution in [0.3, 0.4) is 0 Å². The highest BCUT2D eigenvalue weighted by atomic mass is 15.3. The molecule has 0 aliphatic carbocycles. The first-order valence-corrected chi connectivity index (χ1v) is 7.93. The number of hydrogen-bond donors (Lipinski definition) is 1. The monoisotopic (exact) mass is 271 g/mol. The van der Waals surface area contributed by atoms with E-state index in [1.807, 2.05) is 0 Å². The number of hydrogen-bond acceptors (Lipinski definition) is 2. The van der Waals surface area contributed by atoms with Gasteiger partial charge >= 0.3 is 0 Å². The molecule has 1 aromatic rings. The van der Waals surface area contributed by atoms with Gasteiger partial charge in [0.2, 0.25) is 0 Å². The van der Waals surface area contributed by atoms with Crippen molar-refractivity contribution in [1.82, 2.24) is 9.80 Å². The first kappa shape index (κ1) is 13.6. The molecule has 108 valence electrons. The van der Waals surface area contributed by atoms with Gasteiger partial charge in [0.05, 0.1) is 5.84 Å². The molecule has 2 aliphatic rings. The second-order valence-electron chi connectivity index (χ2n) is 6.11. The van der Waals surface area contributed by atoms with Crippen LogP contribution in [0, 0.1) is 5.41 Å². The van der Waals surface area contributed by atoms with E-state index in [1.54, 1.807) is 0 Å². The number of benzene rings is 1. The molecule has 2 heterocycles. The highest BCUT2D eigenvalue weighted by molar-refractivity contribution is 5.80. The van der Waals surface area contributed by atoms with Crippen LogP contribution in [0.1, 0.15) is 37.7 Å². The van der Waals surface area contributed by atoms with Gasteiger partial charge in [0, 0.05) is 32.1 Å². The number of likely N-dealkylation sites (tertiary alicyclic amines) is 2. The molecule has 3 rings (SSSR count). The van der Waals surface area contributed by atoms with E-state index < -0.39 is 0 Å². The van der Waals surface area contributed by atoms with Gasteiger partial charge in [0.1, 0.15) is 0 Å². The average Bonchev–Trinajstić information content (AvgIpc) is 2.49. The fourth-order valence-corrected chi connectivity index (χ4v) is 3.53. The van der Waals surface area contributed by atoms with Gasteiger partial charge in [-0.05, 0) is 37.8 Å². The van der Waals surface area contributed by atoms with Gasteiger partial charge in [-0.1, -0.05) is 30.3 Å². The first-order chi connectivity index (χ1) is 9.83. The van der Waals surface area contributed by atoms with E-state index in [2.05, 4.69) is 40.1 Å². The zero-order valence-corrected chi connectivity index (χ0v) is 12.2. The summed E-state index contributed by atoms with van der Waals surface area (Å²) in [5, 5.41) is 8.18. The predicted molar refractivity (Wildman–Crippen MR) is 83.0 cm³/mol. The Balaban J connectivity index is 1.60. The van der Waals surface area contributed by atoms with Gasteiger partial charge in [-0.2, -0.15) is 0 Å². The minimum absolute atomic E-state index is 0.570. The minimum atomic E-state index is 0.570. The van der Waals surface area contributed by atoms with Gasteiger partial charge in [-0.15, -0.1) is 0 Å². The number of rotatable bonds is 3. The van der Waals surface area contributed by atoms with Crippen LogP contribution in [0.4, 0.5) is 0 Å². The maximum Gasteiger partial charge on any atom is 0.0960 e. The molecule has 0 aromatic heterocycles. The molecule has 3 nitrogen and oxygen atoms in total. The number of piperidine rings is 2. The molecule has 2 saturated heterocycles. The Morgan fingerprint density at radius 2 is 1.90 bits per heavy atom. The van der Waals surface area contributed by atoms with Gasteiger partial charge in [0.25, 0.3) is 0 Å². The van der Waals surface area contributed by atoms with Crippen molar-refractivity contribution in [3.63, 3.8) is 0 Å². The quantitative estimate of drug-likeness (QED) is 0.915. The predicted octanol–water partition coefficient (Wildman–Crippen LogP) is 3.11. The highest BCUT2D eigenvalue weighted by Crippen LogP contribution is 2.22. The maximum absolute atomic E-state index is 8.18. The fourth-order valence-electron chi connectivity index (χ4n) is 3.53. The van der Waals surface area contributed by atoms with Crippen molar-refractivity contribution < 1.29 is 0 Å². The summed E-state index contributed by atoms with van der Waals surface area (Å²) in [5.41, 5.74) is 1.40. The lowest BCUT2D eigenvalue weighted by Gasteiger charge is -2.42. The second-order valence-corrected chi connectivity index (χ2v) is 6.11. The minimum Gasteiger partial charge on any atom is -0.356 e. The number of amidine groups is 1. The second kappa shape index (κ2) is 6.40. The van der Waals surface area contributed by atoms with Gasteiger partial charge in [-0.3, -0.25) is 10.3 Å². The third-order valence-electron chi connectivity index (χ3n) is 4.58. The van der Waals surface area contributed by atoms with Crippen LogP contribution in [0.5, 0.6) is 0 Å². The lowest BCUT2D eigenvalue weighted by molar-refractivity contribution is 0.129. The summed E-state index contributed by atoms with van der Waals surface area (Å²) in [6.07, 6.45) is 5.97. The molecule has 0 bridgehead atoms. The lowest BCUT2D eigenvalue weighted by Crippen LogP contribution is -2.51. The van der Waals surface area contributed by atoms with Crippen molar-refractivity contribution in [2.45, 2.75) is 44.7 Å². The first-order valence-electron chi connectivity index (χ1n) is 7.93. The molecule has 3 heteroatoms. The Morgan fingerprint density at radius 1 is 1.05 bits per heavy atom. The van der Waals surface area contributed by atoms with Gasteiger partial charge in [0.15, 0.2) is 0 Å². The fraction of sp³-hybridized carbons (Fsp3) is 0.588. The topological polar surface area (TPSA) is 30.3 Å². The standard InChI is InChI=1S/C17H25N3/c18-17-10-4-5-12-20(17)16-9-6-11-19(14-16)13-15-7-2-1-3-8-15/h1-3,7-8,16,18H,4-6,9-14H2. The normalized spacial score (nSPS) is 24.9. The van der Waals surface area contributed by atoms with Crippen molar-refractivity contribution in [3.8, 4) is 0 Å². The summed E-state index contributed by atoms with van der Waals surface area (Å²) in [7, 11) is 0. The summed E-state index contributed by atoms with van der Waals surface area (Å²) in [6, 6.07) is 11.3. The van der Waals surface area contributed by atoms with E-state index >= 15 is 0 Å². The maximum atomic E-state index is 8.18. The van der Waals surface area contributed by atoms with Crippen molar-refractivity contribution in [3.05, 3.63) is 35.9 Å². The zero-order chi connectivity index (χ0) is 13.8. The van der Waals surface area contributed by atoms with Crippen LogP contribution in [0.2, 0.25) is 0 Å². The van der Waals surface area contributed by atoms with E-state index in [-0.39, 0.29) is 0 Å². The Hall–Kier alpha value is -1.35. The molecule has 0 spiro atoms. The summed E-state index contributed by atoms with van der Waals surface area (Å²) >= 11 is 0. The van der Waals surface area contributed by atoms with Crippen LogP contribution >= 0.6 is 0 Å². The lowest BCUT2D eigenvalue weighted by atomic mass is 9.99. The SMILES string of the molecule is N=C1CCCCN1C1CCCN(Cc2ccccc2)C1. The number of nitrogens with zero attached hydrogens (tertiary/aromatic N) is 2. The van der Waals surface area contributed by atoms with Crippen LogP contribution in [0.15, 0.2) is 30.3 Å². The molecular weight excluding hydrogens is 246 g/mol. The molecule has 2 fully saturated rings. The van der Waals surface area contributed by atoms with Gasteiger partial charge < -0.3 is 4.90 Å². The molecule has 2 aliphatic heterocycles. The summed E-state index contributed by atoms with van der Waals surface area (Å²) in [6.45, 7) is 4.48. The summed E-state index contributed by atoms with van der Waals surface area (Å²) in [5.74, 6) is 0.878. The van der Waals surface area contributed by atoms with Crippen LogP contribution < -0.4 is 0 Å². The van der Waals surface area contributed by atoms with Gasteiger partial charge in [-0.25, -0.2) is 0 Å². The Morgan fingerprint density at radius 3 is 2.70 bits per heavy atom. The highest BCUT2D eigenvalue weighted by Gasteiger charge is 2.28. The Labute approximate surface area is 122 Å². The molecule has 0 amide bonds. The molecule has 1 aromatic carbocycles. The average molecular weight is 271 g/mol. The molecule has 1 unspecified atom stereocenters. The molecule has 1 N–H and O–H groups in total. The van der Waals surface area contributed by atoms with Crippen LogP contribution in [0.25, 0.3) is 0 Å². The molecular formula is C17H25N3. The van der Waals surface area contributed by atoms with E-state index in [1.165, 1.54) is 37.8 Å². The van der Waals surface area contributed by atoms with E-state index in [0.29, 0.717) is 6.04 Å². The van der Waals surface area contributed by atoms with Crippen LogP contribution in [-0.2, 0) is 6.54 Å². The molecule has 1 atom stereocenters. The van der Waals surface area contributed by atoms with E-state index in [0.717, 1.165) is 31.9 Å². The molecule has 0 radical (unpaired) electrons. The molecule has 0 saturated carbocycles. The van der Waals surface area contributed by atoms with E-state index in [9.17, 15) is 0 Å². The largest absolute Gasteiger partial charge is 0.356 e. The van der Waals surface area contributed by atoms with Crippen LogP contribution in [-0.4, -0.2) is 41.3 Å². The number of nitrogens with one attached hydrogen (secondary N) is 1. The van der Waals surface area contributed by atoms with E-state index in [4.69, 9.17) is 5.41 Å². The van der Waals surface area contributed by atoms with Crippen molar-refractivity contribution in [1.29, 1.82) is 5.41 Å².